The molecule has 5 nitrogen and oxygen atoms in total. The van der Waals surface area contributed by atoms with Gasteiger partial charge in [0.1, 0.15) is 4.90 Å². The lowest BCUT2D eigenvalue weighted by atomic mass is 10.3. The Morgan fingerprint density at radius 1 is 1.24 bits per heavy atom. The van der Waals surface area contributed by atoms with Crippen LogP contribution in [0.25, 0.3) is 0 Å². The molecule has 0 aliphatic heterocycles. The number of benzene rings is 1. The minimum atomic E-state index is -3.97. The molecule has 1 rings (SSSR count). The van der Waals surface area contributed by atoms with Crippen molar-refractivity contribution in [2.45, 2.75) is 18.2 Å². The quantitative estimate of drug-likeness (QED) is 0.773. The van der Waals surface area contributed by atoms with Crippen LogP contribution in [0.3, 0.4) is 0 Å². The lowest BCUT2D eigenvalue weighted by Gasteiger charge is -2.24. The van der Waals surface area contributed by atoms with Crippen molar-refractivity contribution in [1.29, 1.82) is 0 Å². The lowest BCUT2D eigenvalue weighted by Crippen LogP contribution is -2.37. The van der Waals surface area contributed by atoms with Gasteiger partial charge in [-0.3, -0.25) is 0 Å². The largest absolute Gasteiger partial charge is 0.396 e. The van der Waals surface area contributed by atoms with E-state index in [2.05, 4.69) is 0 Å². The molecule has 0 unspecified atom stereocenters. The van der Waals surface area contributed by atoms with E-state index >= 15 is 0 Å². The molecule has 0 saturated heterocycles. The number of hydrogen-bond donors (Lipinski definition) is 1. The van der Waals surface area contributed by atoms with E-state index in [0.29, 0.717) is 19.5 Å². The maximum atomic E-state index is 14.1. The number of halogens is 2. The van der Waals surface area contributed by atoms with Gasteiger partial charge in [-0.15, -0.1) is 0 Å². The summed E-state index contributed by atoms with van der Waals surface area (Å²) in [5.41, 5.74) is 5.19. The molecule has 1 aromatic rings. The molecule has 21 heavy (non-hydrogen) atoms. The van der Waals surface area contributed by atoms with E-state index in [4.69, 9.17) is 17.3 Å². The summed E-state index contributed by atoms with van der Waals surface area (Å²) >= 11 is 5.80. The van der Waals surface area contributed by atoms with Crippen LogP contribution in [0.15, 0.2) is 17.0 Å². The van der Waals surface area contributed by atoms with Crippen LogP contribution in [-0.4, -0.2) is 51.4 Å². The third-order valence-electron chi connectivity index (χ3n) is 2.92. The molecule has 0 aliphatic carbocycles. The van der Waals surface area contributed by atoms with E-state index in [0.717, 1.165) is 6.07 Å². The number of nitrogens with zero attached hydrogens (tertiary/aromatic N) is 2. The van der Waals surface area contributed by atoms with Crippen molar-refractivity contribution >= 4 is 27.3 Å². The summed E-state index contributed by atoms with van der Waals surface area (Å²) in [6.07, 6.45) is 0.629. The van der Waals surface area contributed by atoms with Gasteiger partial charge in [0.15, 0.2) is 5.82 Å². The summed E-state index contributed by atoms with van der Waals surface area (Å²) in [6, 6.07) is 2.29. The minimum absolute atomic E-state index is 0.0940. The van der Waals surface area contributed by atoms with E-state index in [9.17, 15) is 12.8 Å². The van der Waals surface area contributed by atoms with Crippen molar-refractivity contribution in [3.8, 4) is 0 Å². The summed E-state index contributed by atoms with van der Waals surface area (Å²) in [4.78, 5) is 1.39. The van der Waals surface area contributed by atoms with Gasteiger partial charge in [-0.2, -0.15) is 4.31 Å². The van der Waals surface area contributed by atoms with Gasteiger partial charge >= 0.3 is 0 Å². The van der Waals surface area contributed by atoms with Gasteiger partial charge in [0.25, 0.3) is 0 Å². The fourth-order valence-corrected chi connectivity index (χ4v) is 3.76. The first-order chi connectivity index (χ1) is 9.70. The minimum Gasteiger partial charge on any atom is -0.396 e. The van der Waals surface area contributed by atoms with Crippen LogP contribution in [0.1, 0.15) is 13.3 Å². The third kappa shape index (κ3) is 4.54. The molecule has 2 N–H and O–H groups in total. The molecule has 0 spiro atoms. The zero-order valence-electron chi connectivity index (χ0n) is 12.4. The number of nitrogens with two attached hydrogens (primary N) is 1. The van der Waals surface area contributed by atoms with Gasteiger partial charge in [-0.05, 0) is 32.6 Å². The monoisotopic (exact) mass is 337 g/mol. The lowest BCUT2D eigenvalue weighted by molar-refractivity contribution is 0.332. The van der Waals surface area contributed by atoms with Crippen LogP contribution in [0, 0.1) is 5.82 Å². The Morgan fingerprint density at radius 2 is 1.86 bits per heavy atom. The van der Waals surface area contributed by atoms with Gasteiger partial charge < -0.3 is 10.6 Å². The Morgan fingerprint density at radius 3 is 2.38 bits per heavy atom. The first kappa shape index (κ1) is 18.2. The highest BCUT2D eigenvalue weighted by Crippen LogP contribution is 2.27. The molecule has 0 radical (unpaired) electrons. The number of rotatable bonds is 7. The van der Waals surface area contributed by atoms with Crippen LogP contribution in [0.5, 0.6) is 0 Å². The molecule has 0 amide bonds. The number of anilines is 1. The first-order valence-corrected chi connectivity index (χ1v) is 8.41. The zero-order chi connectivity index (χ0) is 16.2. The molecular formula is C13H21ClFN3O2S. The summed E-state index contributed by atoms with van der Waals surface area (Å²) in [7, 11) is -0.283. The van der Waals surface area contributed by atoms with E-state index in [1.807, 2.05) is 25.9 Å². The summed E-state index contributed by atoms with van der Waals surface area (Å²) < 4.78 is 40.6. The van der Waals surface area contributed by atoms with E-state index in [1.54, 1.807) is 0 Å². The summed E-state index contributed by atoms with van der Waals surface area (Å²) in [6.45, 7) is 2.98. The Kier molecular flexibility index (Phi) is 6.40. The predicted molar refractivity (Wildman–Crippen MR) is 83.4 cm³/mol. The second-order valence-corrected chi connectivity index (χ2v) is 7.36. The summed E-state index contributed by atoms with van der Waals surface area (Å²) in [5.74, 6) is -0.953. The number of nitrogen functional groups attached to an aromatic ring is 1. The molecule has 0 saturated carbocycles. The highest BCUT2D eigenvalue weighted by Gasteiger charge is 2.28. The first-order valence-electron chi connectivity index (χ1n) is 6.59. The zero-order valence-corrected chi connectivity index (χ0v) is 14.0. The SMILES string of the molecule is CCCN(CCN(C)C)S(=O)(=O)c1cc(Cl)cc(N)c1F. The average Bonchev–Trinajstić information content (AvgIpc) is 2.38. The standard InChI is InChI=1S/C13H21ClFN3O2S/c1-4-5-18(7-6-17(2)3)21(19,20)12-9-10(14)8-11(16)13(12)15/h8-9H,4-7,16H2,1-3H3. The van der Waals surface area contributed by atoms with Gasteiger partial charge in [0.05, 0.1) is 5.69 Å². The normalized spacial score (nSPS) is 12.3. The highest BCUT2D eigenvalue weighted by atomic mass is 35.5. The van der Waals surface area contributed by atoms with Crippen LogP contribution < -0.4 is 5.73 Å². The Balaban J connectivity index is 3.22. The van der Waals surface area contributed by atoms with E-state index in [1.165, 1.54) is 10.4 Å². The maximum Gasteiger partial charge on any atom is 0.246 e. The molecule has 120 valence electrons. The average molecular weight is 338 g/mol. The van der Waals surface area contributed by atoms with Crippen molar-refractivity contribution in [3.63, 3.8) is 0 Å². The number of likely N-dealkylation sites (N-methyl/N-ethyl adjacent to an activating group) is 1. The Bertz CT molecular complexity index is 593. The number of sulfonamides is 1. The fraction of sp³-hybridized carbons (Fsp3) is 0.538. The molecule has 0 fully saturated rings. The third-order valence-corrected chi connectivity index (χ3v) is 5.04. The topological polar surface area (TPSA) is 66.6 Å². The molecule has 0 aliphatic rings. The van der Waals surface area contributed by atoms with Crippen LogP contribution in [-0.2, 0) is 10.0 Å². The van der Waals surface area contributed by atoms with Crippen molar-refractivity contribution in [3.05, 3.63) is 23.0 Å². The van der Waals surface area contributed by atoms with Crippen LogP contribution in [0.2, 0.25) is 5.02 Å². The predicted octanol–water partition coefficient (Wildman–Crippen LogP) is 2.02. The smallest absolute Gasteiger partial charge is 0.246 e. The Hall–Kier alpha value is -0.890. The molecule has 1 aromatic carbocycles. The Labute approximate surface area is 130 Å². The van der Waals surface area contributed by atoms with Crippen molar-refractivity contribution < 1.29 is 12.8 Å². The van der Waals surface area contributed by atoms with Crippen LogP contribution >= 0.6 is 11.6 Å². The van der Waals surface area contributed by atoms with Gasteiger partial charge in [0, 0.05) is 24.7 Å². The maximum absolute atomic E-state index is 14.1. The molecule has 0 bridgehead atoms. The van der Waals surface area contributed by atoms with Crippen LogP contribution in [0.4, 0.5) is 10.1 Å². The van der Waals surface area contributed by atoms with Crippen molar-refractivity contribution in [2.24, 2.45) is 0 Å². The molecule has 0 atom stereocenters. The molecule has 0 heterocycles. The fourth-order valence-electron chi connectivity index (χ4n) is 1.82. The van der Waals surface area contributed by atoms with Gasteiger partial charge in [-0.1, -0.05) is 18.5 Å². The van der Waals surface area contributed by atoms with Gasteiger partial charge in [-0.25, -0.2) is 12.8 Å². The molecule has 0 aromatic heterocycles. The van der Waals surface area contributed by atoms with E-state index in [-0.39, 0.29) is 17.3 Å². The second kappa shape index (κ2) is 7.40. The molecular weight excluding hydrogens is 317 g/mol. The van der Waals surface area contributed by atoms with Crippen molar-refractivity contribution in [1.82, 2.24) is 9.21 Å². The summed E-state index contributed by atoms with van der Waals surface area (Å²) in [5, 5.41) is 0.0940. The van der Waals surface area contributed by atoms with E-state index < -0.39 is 20.7 Å². The molecule has 8 heteroatoms. The highest BCUT2D eigenvalue weighted by molar-refractivity contribution is 7.89. The van der Waals surface area contributed by atoms with Crippen molar-refractivity contribution in [2.75, 3.05) is 39.5 Å². The second-order valence-electron chi connectivity index (χ2n) is 5.01. The number of hydrogen-bond acceptors (Lipinski definition) is 4. The van der Waals surface area contributed by atoms with Gasteiger partial charge in [0.2, 0.25) is 10.0 Å².